The highest BCUT2D eigenvalue weighted by Crippen LogP contribution is 2.27. The number of aromatic nitrogens is 2. The van der Waals surface area contributed by atoms with E-state index < -0.39 is 5.97 Å². The van der Waals surface area contributed by atoms with Crippen molar-refractivity contribution in [3.05, 3.63) is 26.6 Å². The maximum Gasteiger partial charge on any atom is 0.349 e. The quantitative estimate of drug-likeness (QED) is 0.774. The molecule has 0 aromatic carbocycles. The van der Waals surface area contributed by atoms with Gasteiger partial charge in [0, 0.05) is 6.54 Å². The van der Waals surface area contributed by atoms with E-state index in [1.165, 1.54) is 0 Å². The molecule has 0 bridgehead atoms. The predicted molar refractivity (Wildman–Crippen MR) is 92.5 cm³/mol. The summed E-state index contributed by atoms with van der Waals surface area (Å²) in [6.45, 7) is 7.68. The highest BCUT2D eigenvalue weighted by Gasteiger charge is 2.20. The molecule has 0 spiro atoms. The van der Waals surface area contributed by atoms with Gasteiger partial charge in [-0.2, -0.15) is 0 Å². The van der Waals surface area contributed by atoms with E-state index in [0.29, 0.717) is 38.9 Å². The van der Waals surface area contributed by atoms with Crippen molar-refractivity contribution in [2.24, 2.45) is 5.92 Å². The summed E-state index contributed by atoms with van der Waals surface area (Å²) in [5.74, 6) is 0.0161. The first-order valence-corrected chi connectivity index (χ1v) is 8.55. The van der Waals surface area contributed by atoms with E-state index in [-0.39, 0.29) is 18.1 Å². The lowest BCUT2D eigenvalue weighted by atomic mass is 10.1. The highest BCUT2D eigenvalue weighted by atomic mass is 32.1. The normalized spacial score (nSPS) is 11.0. The fourth-order valence-corrected chi connectivity index (χ4v) is 3.32. The predicted octanol–water partition coefficient (Wildman–Crippen LogP) is 1.92. The minimum atomic E-state index is -0.619. The van der Waals surface area contributed by atoms with E-state index in [9.17, 15) is 14.4 Å². The largest absolute Gasteiger partial charge is 0.451 e. The molecule has 8 heteroatoms. The Morgan fingerprint density at radius 2 is 2.04 bits per heavy atom. The van der Waals surface area contributed by atoms with Gasteiger partial charge in [0.2, 0.25) is 0 Å². The number of ether oxygens (including phenoxy) is 1. The number of H-pyrrole nitrogens is 1. The Bertz CT molecular complexity index is 823. The second-order valence-corrected chi connectivity index (χ2v) is 7.00. The SMILES string of the molecule is Cc1nc2sc(C(=O)OCC(=O)NCCC(C)C)c(C)c2c(=O)[nH]1. The van der Waals surface area contributed by atoms with E-state index in [4.69, 9.17) is 4.74 Å². The van der Waals surface area contributed by atoms with Crippen LogP contribution in [0, 0.1) is 19.8 Å². The summed E-state index contributed by atoms with van der Waals surface area (Å²) < 4.78 is 5.05. The minimum absolute atomic E-state index is 0.281. The third-order valence-electron chi connectivity index (χ3n) is 3.48. The van der Waals surface area contributed by atoms with Gasteiger partial charge in [-0.3, -0.25) is 9.59 Å². The Morgan fingerprint density at radius 3 is 2.71 bits per heavy atom. The molecule has 7 nitrogen and oxygen atoms in total. The van der Waals surface area contributed by atoms with E-state index in [1.54, 1.807) is 13.8 Å². The Morgan fingerprint density at radius 1 is 1.33 bits per heavy atom. The molecule has 2 N–H and O–H groups in total. The second-order valence-electron chi connectivity index (χ2n) is 6.00. The van der Waals surface area contributed by atoms with E-state index in [2.05, 4.69) is 29.1 Å². The van der Waals surface area contributed by atoms with Crippen LogP contribution in [-0.2, 0) is 9.53 Å². The molecule has 0 fully saturated rings. The zero-order valence-electron chi connectivity index (χ0n) is 14.2. The fraction of sp³-hybridized carbons (Fsp3) is 0.500. The molecule has 2 aromatic rings. The molecule has 2 heterocycles. The van der Waals surface area contributed by atoms with Gasteiger partial charge in [-0.15, -0.1) is 11.3 Å². The first kappa shape index (κ1) is 18.1. The van der Waals surface area contributed by atoms with Crippen LogP contribution in [0.2, 0.25) is 0 Å². The molecule has 0 aliphatic carbocycles. The van der Waals surface area contributed by atoms with Crippen molar-refractivity contribution in [2.75, 3.05) is 13.2 Å². The van der Waals surface area contributed by atoms with Gasteiger partial charge in [0.25, 0.3) is 11.5 Å². The van der Waals surface area contributed by atoms with Crippen LogP contribution < -0.4 is 10.9 Å². The molecule has 0 unspecified atom stereocenters. The summed E-state index contributed by atoms with van der Waals surface area (Å²) >= 11 is 1.10. The Hall–Kier alpha value is -2.22. The summed E-state index contributed by atoms with van der Waals surface area (Å²) in [6.07, 6.45) is 0.864. The van der Waals surface area contributed by atoms with Gasteiger partial charge < -0.3 is 15.0 Å². The van der Waals surface area contributed by atoms with Crippen LogP contribution >= 0.6 is 11.3 Å². The molecule has 0 aliphatic rings. The van der Waals surface area contributed by atoms with Gasteiger partial charge in [-0.1, -0.05) is 13.8 Å². The summed E-state index contributed by atoms with van der Waals surface area (Å²) in [5.41, 5.74) is 0.241. The summed E-state index contributed by atoms with van der Waals surface area (Å²) in [4.78, 5) is 43.5. The zero-order chi connectivity index (χ0) is 17.9. The van der Waals surface area contributed by atoms with Gasteiger partial charge in [0.1, 0.15) is 15.5 Å². The lowest BCUT2D eigenvalue weighted by Crippen LogP contribution is -2.30. The molecule has 130 valence electrons. The third-order valence-corrected chi connectivity index (χ3v) is 4.65. The number of carbonyl (C=O) groups is 2. The van der Waals surface area contributed by atoms with Crippen molar-refractivity contribution in [2.45, 2.75) is 34.1 Å². The average molecular weight is 351 g/mol. The van der Waals surface area contributed by atoms with Crippen LogP contribution in [0.25, 0.3) is 10.2 Å². The molecule has 2 rings (SSSR count). The van der Waals surface area contributed by atoms with E-state index in [0.717, 1.165) is 17.8 Å². The number of amides is 1. The lowest BCUT2D eigenvalue weighted by Gasteiger charge is -2.07. The first-order valence-electron chi connectivity index (χ1n) is 7.73. The van der Waals surface area contributed by atoms with Crippen LogP contribution in [0.15, 0.2) is 4.79 Å². The Kier molecular flexibility index (Phi) is 5.71. The number of aryl methyl sites for hydroxylation is 2. The van der Waals surface area contributed by atoms with Crippen molar-refractivity contribution in [3.8, 4) is 0 Å². The summed E-state index contributed by atoms with van der Waals surface area (Å²) in [6, 6.07) is 0. The number of aromatic amines is 1. The molecule has 24 heavy (non-hydrogen) atoms. The maximum absolute atomic E-state index is 12.2. The molecule has 0 aliphatic heterocycles. The number of rotatable bonds is 6. The van der Waals surface area contributed by atoms with Crippen molar-refractivity contribution in [3.63, 3.8) is 0 Å². The van der Waals surface area contributed by atoms with Crippen molar-refractivity contribution < 1.29 is 14.3 Å². The van der Waals surface area contributed by atoms with Crippen LogP contribution in [0.4, 0.5) is 0 Å². The van der Waals surface area contributed by atoms with Crippen LogP contribution in [-0.4, -0.2) is 35.0 Å². The Labute approximate surface area is 143 Å². The van der Waals surface area contributed by atoms with E-state index >= 15 is 0 Å². The zero-order valence-corrected chi connectivity index (χ0v) is 15.0. The third kappa shape index (κ3) is 4.19. The smallest absolute Gasteiger partial charge is 0.349 e. The molecule has 1 amide bonds. The van der Waals surface area contributed by atoms with Gasteiger partial charge in [-0.05, 0) is 31.7 Å². The van der Waals surface area contributed by atoms with E-state index in [1.807, 2.05) is 0 Å². The van der Waals surface area contributed by atoms with Crippen molar-refractivity contribution in [1.29, 1.82) is 0 Å². The van der Waals surface area contributed by atoms with Gasteiger partial charge in [0.05, 0.1) is 5.39 Å². The van der Waals surface area contributed by atoms with Gasteiger partial charge >= 0.3 is 5.97 Å². The molecular formula is C16H21N3O4S. The number of fused-ring (bicyclic) bond motifs is 1. The number of esters is 1. The average Bonchev–Trinajstić information content (AvgIpc) is 2.81. The number of carbonyl (C=O) groups excluding carboxylic acids is 2. The monoisotopic (exact) mass is 351 g/mol. The van der Waals surface area contributed by atoms with Gasteiger partial charge in [-0.25, -0.2) is 9.78 Å². The summed E-state index contributed by atoms with van der Waals surface area (Å²) in [7, 11) is 0. The number of nitrogens with zero attached hydrogens (tertiary/aromatic N) is 1. The van der Waals surface area contributed by atoms with Crippen LogP contribution in [0.1, 0.15) is 41.3 Å². The molecule has 0 radical (unpaired) electrons. The van der Waals surface area contributed by atoms with Crippen LogP contribution in [0.3, 0.4) is 0 Å². The number of thiophene rings is 1. The maximum atomic E-state index is 12.2. The van der Waals surface area contributed by atoms with Crippen LogP contribution in [0.5, 0.6) is 0 Å². The standard InChI is InChI=1S/C16H21N3O4S/c1-8(2)5-6-17-11(20)7-23-16(22)13-9(3)12-14(21)18-10(4)19-15(12)24-13/h8H,5-7H2,1-4H3,(H,17,20)(H,18,19,21). The molecule has 0 atom stereocenters. The first-order chi connectivity index (χ1) is 11.3. The lowest BCUT2D eigenvalue weighted by molar-refractivity contribution is -0.124. The topological polar surface area (TPSA) is 101 Å². The highest BCUT2D eigenvalue weighted by molar-refractivity contribution is 7.20. The number of nitrogens with one attached hydrogen (secondary N) is 2. The molecule has 2 aromatic heterocycles. The second kappa shape index (κ2) is 7.57. The van der Waals surface area contributed by atoms with Gasteiger partial charge in [0.15, 0.2) is 6.61 Å². The number of hydrogen-bond donors (Lipinski definition) is 2. The molecule has 0 saturated heterocycles. The van der Waals surface area contributed by atoms with Crippen molar-refractivity contribution in [1.82, 2.24) is 15.3 Å². The fourth-order valence-electron chi connectivity index (χ4n) is 2.19. The number of hydrogen-bond acceptors (Lipinski definition) is 6. The Balaban J connectivity index is 2.04. The molecule has 0 saturated carbocycles. The molecular weight excluding hydrogens is 330 g/mol. The van der Waals surface area contributed by atoms with Crippen molar-refractivity contribution >= 4 is 33.4 Å². The summed E-state index contributed by atoms with van der Waals surface area (Å²) in [5, 5.41) is 3.09. The minimum Gasteiger partial charge on any atom is -0.451 e.